The van der Waals surface area contributed by atoms with Crippen molar-refractivity contribution in [1.29, 1.82) is 0 Å². The van der Waals surface area contributed by atoms with Crippen LogP contribution in [0.4, 0.5) is 0 Å². The Balaban J connectivity index is 1.54. The van der Waals surface area contributed by atoms with Crippen molar-refractivity contribution in [3.63, 3.8) is 0 Å². The van der Waals surface area contributed by atoms with Gasteiger partial charge in [-0.1, -0.05) is 83.6 Å². The zero-order valence-electron chi connectivity index (χ0n) is 25.4. The van der Waals surface area contributed by atoms with Crippen LogP contribution in [-0.2, 0) is 9.53 Å². The molecule has 1 aliphatic heterocycles. The van der Waals surface area contributed by atoms with E-state index in [1.165, 1.54) is 11.3 Å². The number of esters is 1. The molecule has 3 heterocycles. The molecule has 0 saturated carbocycles. The number of aryl methyl sites for hydroxylation is 1. The Labute approximate surface area is 263 Å². The fourth-order valence-electron chi connectivity index (χ4n) is 6.24. The van der Waals surface area contributed by atoms with Crippen LogP contribution < -0.4 is 19.6 Å². The van der Waals surface area contributed by atoms with Gasteiger partial charge in [0, 0.05) is 22.0 Å². The van der Waals surface area contributed by atoms with Gasteiger partial charge >= 0.3 is 5.97 Å². The first-order valence-corrected chi connectivity index (χ1v) is 15.6. The minimum absolute atomic E-state index is 0.196. The highest BCUT2D eigenvalue weighted by Gasteiger charge is 2.36. The number of rotatable bonds is 6. The number of ether oxygens (including phenoxy) is 2. The van der Waals surface area contributed by atoms with Crippen molar-refractivity contribution in [3.05, 3.63) is 133 Å². The number of nitrogens with one attached hydrogen (secondary N) is 1. The molecule has 7 nitrogen and oxygen atoms in total. The third-order valence-corrected chi connectivity index (χ3v) is 9.26. The van der Waals surface area contributed by atoms with Crippen LogP contribution in [0.25, 0.3) is 39.0 Å². The standard InChI is InChI=1S/C37H31N3O4S/c1-5-44-36(42)31-22(3)38-37-40(34(31)32-25-14-10-9-11-23(25)16-18-29(32)43-4)35(41)30(45-37)20-27-26-19-21(2)15-17-28(26)39-33(27)24-12-7-6-8-13-24/h6-20,34,39H,5H2,1-4H3/b30-20+/t34-/m0/s1. The lowest BCUT2D eigenvalue weighted by Gasteiger charge is -2.27. The normalized spacial score (nSPS) is 14.9. The summed E-state index contributed by atoms with van der Waals surface area (Å²) in [6.07, 6.45) is 1.95. The van der Waals surface area contributed by atoms with Crippen molar-refractivity contribution in [2.24, 2.45) is 4.99 Å². The predicted molar refractivity (Wildman–Crippen MR) is 179 cm³/mol. The predicted octanol–water partition coefficient (Wildman–Crippen LogP) is 6.42. The smallest absolute Gasteiger partial charge is 0.338 e. The molecule has 1 atom stereocenters. The molecule has 1 aliphatic rings. The third-order valence-electron chi connectivity index (χ3n) is 8.27. The van der Waals surface area contributed by atoms with Crippen LogP contribution in [0, 0.1) is 6.92 Å². The molecule has 1 N–H and O–H groups in total. The Hall–Kier alpha value is -5.21. The van der Waals surface area contributed by atoms with Crippen LogP contribution in [0.5, 0.6) is 5.75 Å². The highest BCUT2D eigenvalue weighted by molar-refractivity contribution is 7.07. The Kier molecular flexibility index (Phi) is 7.22. The van der Waals surface area contributed by atoms with E-state index in [4.69, 9.17) is 14.5 Å². The van der Waals surface area contributed by atoms with Crippen molar-refractivity contribution in [2.45, 2.75) is 26.8 Å². The minimum atomic E-state index is -0.803. The van der Waals surface area contributed by atoms with Gasteiger partial charge in [-0.2, -0.15) is 0 Å². The van der Waals surface area contributed by atoms with E-state index in [2.05, 4.69) is 42.2 Å². The molecule has 7 rings (SSSR count). The molecule has 8 heteroatoms. The number of allylic oxidation sites excluding steroid dienone is 1. The summed E-state index contributed by atoms with van der Waals surface area (Å²) in [7, 11) is 1.60. The lowest BCUT2D eigenvalue weighted by Crippen LogP contribution is -2.40. The average molecular weight is 614 g/mol. The van der Waals surface area contributed by atoms with Gasteiger partial charge in [-0.15, -0.1) is 0 Å². The molecule has 0 unspecified atom stereocenters. The molecule has 0 radical (unpaired) electrons. The molecule has 0 saturated heterocycles. The molecule has 0 fully saturated rings. The molecule has 0 spiro atoms. The Morgan fingerprint density at radius 2 is 1.78 bits per heavy atom. The number of benzene rings is 4. The Morgan fingerprint density at radius 3 is 2.56 bits per heavy atom. The van der Waals surface area contributed by atoms with E-state index in [1.807, 2.05) is 60.7 Å². The number of carbonyl (C=O) groups excluding carboxylic acids is 1. The molecule has 0 aliphatic carbocycles. The molecule has 0 amide bonds. The Bertz CT molecular complexity index is 2340. The van der Waals surface area contributed by atoms with E-state index in [0.717, 1.165) is 44.1 Å². The van der Waals surface area contributed by atoms with E-state index in [0.29, 0.717) is 31.9 Å². The minimum Gasteiger partial charge on any atom is -0.496 e. The first-order chi connectivity index (χ1) is 21.9. The van der Waals surface area contributed by atoms with Gasteiger partial charge in [-0.3, -0.25) is 9.36 Å². The first kappa shape index (κ1) is 28.6. The summed E-state index contributed by atoms with van der Waals surface area (Å²) >= 11 is 1.31. The fourth-order valence-corrected chi connectivity index (χ4v) is 7.27. The van der Waals surface area contributed by atoms with Gasteiger partial charge in [0.25, 0.3) is 5.56 Å². The van der Waals surface area contributed by atoms with Crippen molar-refractivity contribution < 1.29 is 14.3 Å². The second-order valence-corrected chi connectivity index (χ2v) is 12.0. The summed E-state index contributed by atoms with van der Waals surface area (Å²) in [4.78, 5) is 37.1. The van der Waals surface area contributed by atoms with Gasteiger partial charge in [-0.05, 0) is 61.4 Å². The number of thiazole rings is 1. The maximum absolute atomic E-state index is 14.6. The van der Waals surface area contributed by atoms with Crippen LogP contribution in [0.2, 0.25) is 0 Å². The molecule has 224 valence electrons. The van der Waals surface area contributed by atoms with E-state index < -0.39 is 12.0 Å². The maximum atomic E-state index is 14.6. The van der Waals surface area contributed by atoms with Gasteiger partial charge < -0.3 is 14.5 Å². The van der Waals surface area contributed by atoms with Gasteiger partial charge in [0.1, 0.15) is 11.8 Å². The SMILES string of the molecule is CCOC(=O)C1=C(C)N=c2s/c(=C/c3c(-c4ccccc4)[nH]c4ccc(C)cc34)c(=O)n2[C@@H]1c1c(OC)ccc2ccccc12. The van der Waals surface area contributed by atoms with Crippen LogP contribution >= 0.6 is 11.3 Å². The number of fused-ring (bicyclic) bond motifs is 3. The second kappa shape index (κ2) is 11.4. The number of H-pyrrole nitrogens is 1. The van der Waals surface area contributed by atoms with Crippen LogP contribution in [-0.4, -0.2) is 29.2 Å². The molecule has 2 aromatic heterocycles. The highest BCUT2D eigenvalue weighted by Crippen LogP contribution is 2.40. The zero-order valence-corrected chi connectivity index (χ0v) is 26.2. The number of aromatic amines is 1. The van der Waals surface area contributed by atoms with Gasteiger partial charge in [-0.25, -0.2) is 9.79 Å². The average Bonchev–Trinajstić information content (AvgIpc) is 3.56. The number of nitrogens with zero attached hydrogens (tertiary/aromatic N) is 2. The Morgan fingerprint density at radius 1 is 1.00 bits per heavy atom. The summed E-state index contributed by atoms with van der Waals surface area (Å²) in [5.74, 6) is 0.0646. The monoisotopic (exact) mass is 613 g/mol. The summed E-state index contributed by atoms with van der Waals surface area (Å²) < 4.78 is 13.5. The molecule has 6 aromatic rings. The van der Waals surface area contributed by atoms with Crippen LogP contribution in [0.15, 0.2) is 106 Å². The fraction of sp³-hybridized carbons (Fsp3) is 0.162. The van der Waals surface area contributed by atoms with E-state index >= 15 is 0 Å². The van der Waals surface area contributed by atoms with E-state index in [9.17, 15) is 9.59 Å². The topological polar surface area (TPSA) is 85.7 Å². The molecule has 0 bridgehead atoms. The van der Waals surface area contributed by atoms with Crippen molar-refractivity contribution in [1.82, 2.24) is 9.55 Å². The van der Waals surface area contributed by atoms with Crippen molar-refractivity contribution >= 4 is 45.1 Å². The summed E-state index contributed by atoms with van der Waals surface area (Å²) in [6.45, 7) is 5.82. The van der Waals surface area contributed by atoms with E-state index in [-0.39, 0.29) is 12.2 Å². The van der Waals surface area contributed by atoms with Crippen LogP contribution in [0.3, 0.4) is 0 Å². The van der Waals surface area contributed by atoms with Gasteiger partial charge in [0.05, 0.1) is 35.2 Å². The van der Waals surface area contributed by atoms with Crippen molar-refractivity contribution in [2.75, 3.05) is 13.7 Å². The maximum Gasteiger partial charge on any atom is 0.338 e. The zero-order chi connectivity index (χ0) is 31.2. The van der Waals surface area contributed by atoms with Crippen molar-refractivity contribution in [3.8, 4) is 17.0 Å². The summed E-state index contributed by atoms with van der Waals surface area (Å²) in [5, 5.41) is 2.87. The number of hydrogen-bond acceptors (Lipinski definition) is 6. The third kappa shape index (κ3) is 4.78. The van der Waals surface area contributed by atoms with Gasteiger partial charge in [0.15, 0.2) is 4.80 Å². The highest BCUT2D eigenvalue weighted by atomic mass is 32.1. The largest absolute Gasteiger partial charge is 0.496 e. The van der Waals surface area contributed by atoms with Crippen LogP contribution in [0.1, 0.15) is 36.6 Å². The number of carbonyl (C=O) groups is 1. The first-order valence-electron chi connectivity index (χ1n) is 14.8. The lowest BCUT2D eigenvalue weighted by molar-refractivity contribution is -0.139. The lowest BCUT2D eigenvalue weighted by atomic mass is 9.90. The molecule has 4 aromatic carbocycles. The molecular weight excluding hydrogens is 582 g/mol. The number of hydrogen-bond donors (Lipinski definition) is 1. The summed E-state index contributed by atoms with van der Waals surface area (Å²) in [6, 6.07) is 27.3. The summed E-state index contributed by atoms with van der Waals surface area (Å²) in [5.41, 5.74) is 6.27. The van der Waals surface area contributed by atoms with E-state index in [1.54, 1.807) is 25.5 Å². The number of aromatic nitrogens is 2. The molecular formula is C37H31N3O4S. The van der Waals surface area contributed by atoms with Gasteiger partial charge in [0.2, 0.25) is 0 Å². The quantitative estimate of drug-likeness (QED) is 0.220. The molecule has 45 heavy (non-hydrogen) atoms. The second-order valence-electron chi connectivity index (χ2n) is 11.0. The number of methoxy groups -OCH3 is 1.